The van der Waals surface area contributed by atoms with Gasteiger partial charge in [-0.25, -0.2) is 4.79 Å². The highest BCUT2D eigenvalue weighted by Crippen LogP contribution is 2.23. The lowest BCUT2D eigenvalue weighted by Crippen LogP contribution is -2.47. The van der Waals surface area contributed by atoms with Crippen molar-refractivity contribution in [2.75, 3.05) is 18.1 Å². The lowest BCUT2D eigenvalue weighted by molar-refractivity contribution is 0.0149. The van der Waals surface area contributed by atoms with E-state index >= 15 is 0 Å². The molecule has 0 bridgehead atoms. The Hall–Kier alpha value is -0.620. The molecule has 0 aromatic rings. The number of amides is 1. The van der Waals surface area contributed by atoms with Gasteiger partial charge in [-0.05, 0) is 59.8 Å². The molecule has 0 aliphatic carbocycles. The van der Waals surface area contributed by atoms with E-state index in [2.05, 4.69) is 12.2 Å². The number of nitrogens with one attached hydrogen (secondary N) is 1. The van der Waals surface area contributed by atoms with E-state index in [0.717, 1.165) is 50.2 Å². The minimum atomic E-state index is -0.615. The van der Waals surface area contributed by atoms with Crippen molar-refractivity contribution in [3.63, 3.8) is 0 Å². The molecule has 2 unspecified atom stereocenters. The summed E-state index contributed by atoms with van der Waals surface area (Å²) < 4.78 is 17.1. The number of ether oxygens (including phenoxy) is 1. The molecule has 0 spiro atoms. The van der Waals surface area contributed by atoms with E-state index < -0.39 is 16.4 Å². The fraction of sp³-hybridized carbons (Fsp3) is 0.947. The molecule has 0 aromatic carbocycles. The molecule has 146 valence electrons. The van der Waals surface area contributed by atoms with Crippen molar-refractivity contribution in [1.29, 1.82) is 0 Å². The average Bonchev–Trinajstić information content (AvgIpc) is 2.73. The van der Waals surface area contributed by atoms with E-state index in [4.69, 9.17) is 4.74 Å². The van der Waals surface area contributed by atoms with Crippen LogP contribution in [0.2, 0.25) is 0 Å². The second-order valence-corrected chi connectivity index (χ2v) is 10.3. The van der Waals surface area contributed by atoms with Crippen LogP contribution >= 0.6 is 0 Å². The van der Waals surface area contributed by atoms with Crippen LogP contribution in [0.3, 0.4) is 0 Å². The number of likely N-dealkylation sites (tertiary alicyclic amines) is 1. The summed E-state index contributed by atoms with van der Waals surface area (Å²) in [6.45, 7) is 8.79. The van der Waals surface area contributed by atoms with Crippen molar-refractivity contribution in [2.24, 2.45) is 0 Å². The van der Waals surface area contributed by atoms with Gasteiger partial charge < -0.3 is 15.0 Å². The summed E-state index contributed by atoms with van der Waals surface area (Å²) in [6.07, 6.45) is 7.27. The summed E-state index contributed by atoms with van der Waals surface area (Å²) in [5.41, 5.74) is -0.449. The fourth-order valence-corrected chi connectivity index (χ4v) is 5.12. The zero-order valence-electron chi connectivity index (χ0n) is 16.4. The molecule has 5 nitrogen and oxygen atoms in total. The minimum absolute atomic E-state index is 0.167. The number of carbonyl (C=O) groups excluding carboxylic acids is 1. The number of hydrogen-bond acceptors (Lipinski definition) is 4. The maximum atomic E-state index is 12.6. The Labute approximate surface area is 155 Å². The summed E-state index contributed by atoms with van der Waals surface area (Å²) in [5, 5.41) is 3.70. The van der Waals surface area contributed by atoms with Crippen molar-refractivity contribution < 1.29 is 13.7 Å². The van der Waals surface area contributed by atoms with E-state index in [1.54, 1.807) is 0 Å². The number of rotatable bonds is 4. The zero-order chi connectivity index (χ0) is 18.4. The van der Waals surface area contributed by atoms with E-state index in [-0.39, 0.29) is 12.1 Å². The summed E-state index contributed by atoms with van der Waals surface area (Å²) >= 11 is 0. The van der Waals surface area contributed by atoms with E-state index in [0.29, 0.717) is 12.1 Å². The van der Waals surface area contributed by atoms with Gasteiger partial charge in [0.05, 0.1) is 0 Å². The molecule has 0 saturated carbocycles. The van der Waals surface area contributed by atoms with Gasteiger partial charge in [-0.2, -0.15) is 0 Å². The van der Waals surface area contributed by atoms with Gasteiger partial charge in [-0.3, -0.25) is 4.21 Å². The van der Waals surface area contributed by atoms with Crippen molar-refractivity contribution >= 4 is 16.9 Å². The number of nitrogens with zero attached hydrogens (tertiary/aromatic N) is 1. The standard InChI is InChI=1S/C19H36N2O3S/c1-15(20-16-9-12-25(23)13-10-16)14-17-8-6-5-7-11-21(17)18(22)24-19(2,3)4/h15-17,20H,5-14H2,1-4H3. The molecule has 2 heterocycles. The van der Waals surface area contributed by atoms with Crippen LogP contribution in [0.5, 0.6) is 0 Å². The molecule has 0 aromatic heterocycles. The minimum Gasteiger partial charge on any atom is -0.444 e. The predicted molar refractivity (Wildman–Crippen MR) is 103 cm³/mol. The average molecular weight is 373 g/mol. The van der Waals surface area contributed by atoms with Gasteiger partial charge in [-0.1, -0.05) is 12.8 Å². The maximum Gasteiger partial charge on any atom is 0.410 e. The number of hydrogen-bond donors (Lipinski definition) is 1. The third-order valence-corrected chi connectivity index (χ3v) is 6.42. The third-order valence-electron chi connectivity index (χ3n) is 5.04. The van der Waals surface area contributed by atoms with E-state index in [1.807, 2.05) is 25.7 Å². The SMILES string of the molecule is CC(CC1CCCCCN1C(=O)OC(C)(C)C)NC1CCS(=O)CC1. The second-order valence-electron chi connectivity index (χ2n) is 8.60. The largest absolute Gasteiger partial charge is 0.444 e. The van der Waals surface area contributed by atoms with Gasteiger partial charge in [0.1, 0.15) is 5.60 Å². The van der Waals surface area contributed by atoms with Crippen LogP contribution in [0.4, 0.5) is 4.79 Å². The maximum absolute atomic E-state index is 12.6. The molecule has 0 radical (unpaired) electrons. The van der Waals surface area contributed by atoms with Gasteiger partial charge in [0.25, 0.3) is 0 Å². The van der Waals surface area contributed by atoms with Gasteiger partial charge in [0, 0.05) is 47.0 Å². The Morgan fingerprint density at radius 2 is 1.88 bits per heavy atom. The normalized spacial score (nSPS) is 29.8. The van der Waals surface area contributed by atoms with Crippen LogP contribution in [0.1, 0.15) is 72.6 Å². The Bertz CT molecular complexity index is 454. The predicted octanol–water partition coefficient (Wildman–Crippen LogP) is 3.45. The van der Waals surface area contributed by atoms with Gasteiger partial charge in [-0.15, -0.1) is 0 Å². The van der Waals surface area contributed by atoms with Crippen molar-refractivity contribution in [1.82, 2.24) is 10.2 Å². The van der Waals surface area contributed by atoms with Crippen molar-refractivity contribution in [2.45, 2.75) is 96.4 Å². The smallest absolute Gasteiger partial charge is 0.410 e. The molecule has 2 aliphatic rings. The Balaban J connectivity index is 1.91. The molecular weight excluding hydrogens is 336 g/mol. The van der Waals surface area contributed by atoms with E-state index in [1.165, 1.54) is 12.8 Å². The molecule has 2 atom stereocenters. The molecule has 1 N–H and O–H groups in total. The Morgan fingerprint density at radius 3 is 2.52 bits per heavy atom. The highest BCUT2D eigenvalue weighted by Gasteiger charge is 2.31. The van der Waals surface area contributed by atoms with Gasteiger partial charge in [0.2, 0.25) is 0 Å². The lowest BCUT2D eigenvalue weighted by Gasteiger charge is -2.35. The first kappa shape index (κ1) is 20.7. The van der Waals surface area contributed by atoms with Crippen LogP contribution in [-0.4, -0.2) is 57.0 Å². The van der Waals surface area contributed by atoms with Crippen molar-refractivity contribution in [3.05, 3.63) is 0 Å². The molecule has 1 amide bonds. The molecule has 2 aliphatic heterocycles. The van der Waals surface area contributed by atoms with Crippen LogP contribution in [0, 0.1) is 0 Å². The zero-order valence-corrected chi connectivity index (χ0v) is 17.2. The topological polar surface area (TPSA) is 58.6 Å². The quantitative estimate of drug-likeness (QED) is 0.821. The Morgan fingerprint density at radius 1 is 1.20 bits per heavy atom. The summed E-state index contributed by atoms with van der Waals surface area (Å²) in [7, 11) is -0.615. The third kappa shape index (κ3) is 7.26. The van der Waals surface area contributed by atoms with E-state index in [9.17, 15) is 9.00 Å². The highest BCUT2D eigenvalue weighted by atomic mass is 32.2. The lowest BCUT2D eigenvalue weighted by atomic mass is 10.0. The van der Waals surface area contributed by atoms with Gasteiger partial charge >= 0.3 is 6.09 Å². The van der Waals surface area contributed by atoms with Crippen LogP contribution in [0.25, 0.3) is 0 Å². The summed E-state index contributed by atoms with van der Waals surface area (Å²) in [5.74, 6) is 1.63. The fourth-order valence-electron chi connectivity index (χ4n) is 3.82. The molecule has 2 rings (SSSR count). The molecule has 2 saturated heterocycles. The first-order valence-electron chi connectivity index (χ1n) is 9.85. The van der Waals surface area contributed by atoms with Crippen LogP contribution in [0.15, 0.2) is 0 Å². The second kappa shape index (κ2) is 9.36. The summed E-state index contributed by atoms with van der Waals surface area (Å²) in [4.78, 5) is 14.6. The highest BCUT2D eigenvalue weighted by molar-refractivity contribution is 7.85. The van der Waals surface area contributed by atoms with Crippen molar-refractivity contribution in [3.8, 4) is 0 Å². The summed E-state index contributed by atoms with van der Waals surface area (Å²) in [6, 6.07) is 1.07. The van der Waals surface area contributed by atoms with Crippen LogP contribution in [-0.2, 0) is 15.5 Å². The molecule has 2 fully saturated rings. The first-order valence-corrected chi connectivity index (χ1v) is 11.3. The van der Waals surface area contributed by atoms with Crippen LogP contribution < -0.4 is 5.32 Å². The Kier molecular flexibility index (Phi) is 7.74. The monoisotopic (exact) mass is 372 g/mol. The molecule has 6 heteroatoms. The molecule has 25 heavy (non-hydrogen) atoms. The molecular formula is C19H36N2O3S. The van der Waals surface area contributed by atoms with Gasteiger partial charge in [0.15, 0.2) is 0 Å². The first-order chi connectivity index (χ1) is 11.7. The number of carbonyl (C=O) groups is 1.